The fourth-order valence-corrected chi connectivity index (χ4v) is 4.44. The second kappa shape index (κ2) is 8.42. The molecule has 2 aromatic carbocycles. The predicted octanol–water partition coefficient (Wildman–Crippen LogP) is 3.13. The molecule has 1 aromatic heterocycles. The van der Waals surface area contributed by atoms with Gasteiger partial charge in [0.15, 0.2) is 5.43 Å². The lowest BCUT2D eigenvalue weighted by atomic mass is 9.89. The molecule has 2 atom stereocenters. The summed E-state index contributed by atoms with van der Waals surface area (Å²) < 4.78 is 17.5. The van der Waals surface area contributed by atoms with Gasteiger partial charge in [0.2, 0.25) is 0 Å². The number of methoxy groups -OCH3 is 2. The van der Waals surface area contributed by atoms with Gasteiger partial charge in [-0.15, -0.1) is 0 Å². The molecule has 1 N–H and O–H groups in total. The number of rotatable bonds is 5. The van der Waals surface area contributed by atoms with Gasteiger partial charge in [0.05, 0.1) is 32.5 Å². The van der Waals surface area contributed by atoms with E-state index in [2.05, 4.69) is 11.0 Å². The number of hydrogen-bond donors (Lipinski definition) is 1. The van der Waals surface area contributed by atoms with Crippen molar-refractivity contribution in [3.8, 4) is 28.9 Å². The molecule has 0 radical (unpaired) electrons. The van der Waals surface area contributed by atoms with Crippen molar-refractivity contribution in [1.82, 2.24) is 4.90 Å². The molecule has 0 aliphatic carbocycles. The average molecular weight is 420 g/mol. The summed E-state index contributed by atoms with van der Waals surface area (Å²) >= 11 is 0. The number of likely N-dealkylation sites (N-methyl/N-ethyl adjacent to an activating group) is 1. The lowest BCUT2D eigenvalue weighted by Crippen LogP contribution is -2.32. The second-order valence-corrected chi connectivity index (χ2v) is 7.69. The minimum absolute atomic E-state index is 0.0165. The van der Waals surface area contributed by atoms with E-state index in [0.717, 1.165) is 18.5 Å². The summed E-state index contributed by atoms with van der Waals surface area (Å²) in [5, 5.41) is 19.4. The number of hydrogen-bond acceptors (Lipinski definition) is 7. The fourth-order valence-electron chi connectivity index (χ4n) is 4.44. The fraction of sp³-hybridized carbons (Fsp3) is 0.333. The lowest BCUT2D eigenvalue weighted by Gasteiger charge is -2.25. The van der Waals surface area contributed by atoms with Crippen LogP contribution in [0.3, 0.4) is 0 Å². The molecule has 2 heterocycles. The zero-order valence-electron chi connectivity index (χ0n) is 17.7. The van der Waals surface area contributed by atoms with Gasteiger partial charge in [-0.2, -0.15) is 5.26 Å². The highest BCUT2D eigenvalue weighted by atomic mass is 16.5. The van der Waals surface area contributed by atoms with Crippen LogP contribution in [0.15, 0.2) is 45.6 Å². The molecule has 1 aliphatic heterocycles. The molecule has 160 valence electrons. The van der Waals surface area contributed by atoms with E-state index in [9.17, 15) is 9.90 Å². The number of likely N-dealkylation sites (tertiary alicyclic amines) is 1. The van der Waals surface area contributed by atoms with Gasteiger partial charge >= 0.3 is 0 Å². The van der Waals surface area contributed by atoms with Crippen molar-refractivity contribution in [2.45, 2.75) is 18.4 Å². The molecule has 7 nitrogen and oxygen atoms in total. The molecule has 7 heteroatoms. The van der Waals surface area contributed by atoms with Crippen LogP contribution in [0.25, 0.3) is 22.3 Å². The molecule has 0 saturated carbocycles. The lowest BCUT2D eigenvalue weighted by molar-refractivity contribution is 0.171. The van der Waals surface area contributed by atoms with Crippen LogP contribution in [0.5, 0.6) is 11.5 Å². The zero-order chi connectivity index (χ0) is 22.1. The molecular formula is C24H24N2O5. The van der Waals surface area contributed by atoms with Gasteiger partial charge in [0, 0.05) is 35.2 Å². The smallest absolute Gasteiger partial charge is 0.197 e. The molecule has 1 fully saturated rings. The van der Waals surface area contributed by atoms with E-state index in [4.69, 9.17) is 19.2 Å². The number of nitrogens with zero attached hydrogens (tertiary/aromatic N) is 2. The highest BCUT2D eigenvalue weighted by molar-refractivity contribution is 5.90. The zero-order valence-corrected chi connectivity index (χ0v) is 17.7. The molecule has 0 bridgehead atoms. The molecule has 1 aliphatic rings. The van der Waals surface area contributed by atoms with E-state index >= 15 is 0 Å². The molecule has 0 amide bonds. The number of nitriles is 1. The monoisotopic (exact) mass is 420 g/mol. The Labute approximate surface area is 180 Å². The first-order valence-corrected chi connectivity index (χ1v) is 10.1. The SMILES string of the molecule is COc1cc(OC)c2c(=O)cc(-c3ccc(C#N)cc3)oc2c1[C@H]1CCN(C)[C@@H]1CO. The number of aliphatic hydroxyl groups is 1. The molecule has 1 saturated heterocycles. The Morgan fingerprint density at radius 2 is 1.90 bits per heavy atom. The van der Waals surface area contributed by atoms with Crippen LogP contribution in [0.4, 0.5) is 0 Å². The van der Waals surface area contributed by atoms with Crippen LogP contribution in [-0.4, -0.2) is 50.5 Å². The summed E-state index contributed by atoms with van der Waals surface area (Å²) in [4.78, 5) is 15.3. The van der Waals surface area contributed by atoms with Crippen molar-refractivity contribution >= 4 is 11.0 Å². The Morgan fingerprint density at radius 3 is 2.52 bits per heavy atom. The van der Waals surface area contributed by atoms with Crippen molar-refractivity contribution in [2.75, 3.05) is 34.4 Å². The molecule has 3 aromatic rings. The average Bonchev–Trinajstić information content (AvgIpc) is 3.17. The summed E-state index contributed by atoms with van der Waals surface area (Å²) in [6, 6.07) is 12.0. The summed E-state index contributed by atoms with van der Waals surface area (Å²) in [6.45, 7) is 0.795. The van der Waals surface area contributed by atoms with Crippen molar-refractivity contribution < 1.29 is 19.0 Å². The minimum Gasteiger partial charge on any atom is -0.496 e. The summed E-state index contributed by atoms with van der Waals surface area (Å²) in [5.74, 6) is 1.26. The van der Waals surface area contributed by atoms with Crippen LogP contribution in [0.1, 0.15) is 23.5 Å². The van der Waals surface area contributed by atoms with E-state index in [1.807, 2.05) is 7.05 Å². The third kappa shape index (κ3) is 3.54. The maximum atomic E-state index is 13.2. The Kier molecular flexibility index (Phi) is 5.68. The summed E-state index contributed by atoms with van der Waals surface area (Å²) in [5.41, 5.74) is 2.15. The first kappa shape index (κ1) is 20.9. The Balaban J connectivity index is 2.02. The van der Waals surface area contributed by atoms with Crippen molar-refractivity contribution in [2.24, 2.45) is 0 Å². The van der Waals surface area contributed by atoms with E-state index in [1.54, 1.807) is 37.4 Å². The normalized spacial score (nSPS) is 18.8. The topological polar surface area (TPSA) is 95.9 Å². The third-order valence-corrected chi connectivity index (χ3v) is 6.09. The molecular weight excluding hydrogens is 396 g/mol. The van der Waals surface area contributed by atoms with Gasteiger partial charge in [-0.1, -0.05) is 0 Å². The van der Waals surface area contributed by atoms with Crippen LogP contribution in [0, 0.1) is 11.3 Å². The van der Waals surface area contributed by atoms with Crippen molar-refractivity contribution in [1.29, 1.82) is 5.26 Å². The van der Waals surface area contributed by atoms with Gasteiger partial charge in [-0.05, 0) is 44.3 Å². The first-order chi connectivity index (χ1) is 15.0. The number of fused-ring (bicyclic) bond motifs is 1. The minimum atomic E-state index is -0.228. The number of ether oxygens (including phenoxy) is 2. The van der Waals surface area contributed by atoms with Crippen LogP contribution in [0.2, 0.25) is 0 Å². The maximum absolute atomic E-state index is 13.2. The molecule has 31 heavy (non-hydrogen) atoms. The molecule has 0 spiro atoms. The number of benzene rings is 2. The molecule has 4 rings (SSSR count). The maximum Gasteiger partial charge on any atom is 0.197 e. The molecule has 0 unspecified atom stereocenters. The second-order valence-electron chi connectivity index (χ2n) is 7.69. The number of aliphatic hydroxyl groups excluding tert-OH is 1. The van der Waals surface area contributed by atoms with Gasteiger partial charge in [-0.25, -0.2) is 0 Å². The first-order valence-electron chi connectivity index (χ1n) is 10.1. The summed E-state index contributed by atoms with van der Waals surface area (Å²) in [6.07, 6.45) is 0.796. The van der Waals surface area contributed by atoms with Gasteiger partial charge in [-0.3, -0.25) is 4.79 Å². The van der Waals surface area contributed by atoms with Gasteiger partial charge < -0.3 is 23.9 Å². The highest BCUT2D eigenvalue weighted by Gasteiger charge is 2.37. The quantitative estimate of drug-likeness (QED) is 0.677. The van der Waals surface area contributed by atoms with E-state index in [1.165, 1.54) is 13.2 Å². The standard InChI is InChI=1S/C24H24N2O5/c1-26-9-8-16(17(26)13-27)22-20(29-2)11-21(30-3)23-18(28)10-19(31-24(22)23)15-6-4-14(12-25)5-7-15/h4-7,10-11,16-17,27H,8-9,13H2,1-3H3/t16-,17+/m0/s1. The largest absolute Gasteiger partial charge is 0.496 e. The summed E-state index contributed by atoms with van der Waals surface area (Å²) in [7, 11) is 5.04. The predicted molar refractivity (Wildman–Crippen MR) is 117 cm³/mol. The van der Waals surface area contributed by atoms with Crippen LogP contribution in [-0.2, 0) is 0 Å². The Hall–Kier alpha value is -3.34. The van der Waals surface area contributed by atoms with Gasteiger partial charge in [0.25, 0.3) is 0 Å². The Bertz CT molecular complexity index is 1210. The van der Waals surface area contributed by atoms with Crippen molar-refractivity contribution in [3.63, 3.8) is 0 Å². The van der Waals surface area contributed by atoms with Crippen molar-refractivity contribution in [3.05, 3.63) is 57.7 Å². The van der Waals surface area contributed by atoms with Gasteiger partial charge in [0.1, 0.15) is 28.2 Å². The third-order valence-electron chi connectivity index (χ3n) is 6.09. The highest BCUT2D eigenvalue weighted by Crippen LogP contribution is 2.44. The van der Waals surface area contributed by atoms with E-state index < -0.39 is 0 Å². The van der Waals surface area contributed by atoms with E-state index in [-0.39, 0.29) is 24.0 Å². The van der Waals surface area contributed by atoms with Crippen LogP contribution >= 0.6 is 0 Å². The van der Waals surface area contributed by atoms with Crippen LogP contribution < -0.4 is 14.9 Å². The van der Waals surface area contributed by atoms with E-state index in [0.29, 0.717) is 39.4 Å². The Morgan fingerprint density at radius 1 is 1.19 bits per heavy atom.